The fraction of sp³-hybridized carbons (Fsp3) is 0.250. The predicted octanol–water partition coefficient (Wildman–Crippen LogP) is 3.94. The molecule has 0 aliphatic carbocycles. The van der Waals surface area contributed by atoms with E-state index in [2.05, 4.69) is 19.3 Å². The average Bonchev–Trinajstić information content (AvgIpc) is 2.21. The van der Waals surface area contributed by atoms with Crippen molar-refractivity contribution in [1.82, 2.24) is 0 Å². The minimum Gasteiger partial charge on any atom is -0.379 e. The lowest BCUT2D eigenvalue weighted by Crippen LogP contribution is -1.83. The molecule has 0 saturated heterocycles. The van der Waals surface area contributed by atoms with Gasteiger partial charge in [0.15, 0.2) is 0 Å². The van der Waals surface area contributed by atoms with E-state index in [9.17, 15) is 0 Å². The van der Waals surface area contributed by atoms with Crippen molar-refractivity contribution in [3.8, 4) is 0 Å². The van der Waals surface area contributed by atoms with Crippen LogP contribution in [-0.2, 0) is 4.74 Å². The van der Waals surface area contributed by atoms with Gasteiger partial charge < -0.3 is 4.74 Å². The van der Waals surface area contributed by atoms with Gasteiger partial charge in [0.25, 0.3) is 0 Å². The number of unbranched alkanes of at least 4 members (excludes halogenated alkanes) is 1. The van der Waals surface area contributed by atoms with Crippen molar-refractivity contribution in [3.63, 3.8) is 0 Å². The van der Waals surface area contributed by atoms with Crippen LogP contribution in [-0.4, -0.2) is 6.61 Å². The van der Waals surface area contributed by atoms with Gasteiger partial charge in [-0.3, -0.25) is 0 Å². The van der Waals surface area contributed by atoms with Gasteiger partial charge in [-0.1, -0.05) is 35.9 Å². The first kappa shape index (κ1) is 11.3. The van der Waals surface area contributed by atoms with Gasteiger partial charge in [-0.25, -0.2) is 0 Å². The predicted molar refractivity (Wildman–Crippen MR) is 61.0 cm³/mol. The molecule has 0 aliphatic rings. The van der Waals surface area contributed by atoms with Gasteiger partial charge in [-0.15, -0.1) is 0 Å². The number of halogens is 1. The van der Waals surface area contributed by atoms with Gasteiger partial charge in [-0.2, -0.15) is 0 Å². The third kappa shape index (κ3) is 4.45. The molecule has 75 valence electrons. The zero-order valence-corrected chi connectivity index (χ0v) is 8.83. The fourth-order valence-electron chi connectivity index (χ4n) is 1.10. The first-order valence-electron chi connectivity index (χ1n) is 4.62. The van der Waals surface area contributed by atoms with Crippen molar-refractivity contribution < 1.29 is 4.74 Å². The van der Waals surface area contributed by atoms with Crippen molar-refractivity contribution in [3.05, 3.63) is 48.0 Å². The Morgan fingerprint density at radius 1 is 1.29 bits per heavy atom. The van der Waals surface area contributed by atoms with Crippen molar-refractivity contribution in [2.45, 2.75) is 12.8 Å². The van der Waals surface area contributed by atoms with Crippen LogP contribution in [0.3, 0.4) is 0 Å². The van der Waals surface area contributed by atoms with E-state index in [-0.39, 0.29) is 0 Å². The molecular formula is C12H14ClO. The van der Waals surface area contributed by atoms with E-state index in [1.54, 1.807) is 0 Å². The molecular weight excluding hydrogens is 196 g/mol. The molecule has 0 saturated carbocycles. The summed E-state index contributed by atoms with van der Waals surface area (Å²) in [6.45, 7) is 0.713. The summed E-state index contributed by atoms with van der Waals surface area (Å²) < 4.78 is 4.71. The maximum Gasteiger partial charge on any atom is 0.0700 e. The molecule has 0 bridgehead atoms. The summed E-state index contributed by atoms with van der Waals surface area (Å²) in [6, 6.07) is 7.77. The van der Waals surface area contributed by atoms with Crippen molar-refractivity contribution in [2.75, 3.05) is 6.61 Å². The number of rotatable bonds is 5. The third-order valence-corrected chi connectivity index (χ3v) is 2.09. The normalized spacial score (nSPS) is 11.0. The van der Waals surface area contributed by atoms with Crippen LogP contribution < -0.4 is 0 Å². The molecule has 0 fully saturated rings. The van der Waals surface area contributed by atoms with E-state index in [1.165, 1.54) is 5.56 Å². The average molecular weight is 210 g/mol. The van der Waals surface area contributed by atoms with E-state index in [4.69, 9.17) is 16.3 Å². The second-order valence-corrected chi connectivity index (χ2v) is 3.44. The van der Waals surface area contributed by atoms with Crippen LogP contribution >= 0.6 is 11.6 Å². The number of benzene rings is 1. The van der Waals surface area contributed by atoms with Gasteiger partial charge in [0.2, 0.25) is 0 Å². The molecule has 14 heavy (non-hydrogen) atoms. The van der Waals surface area contributed by atoms with Gasteiger partial charge in [0.05, 0.1) is 7.11 Å². The molecule has 0 heterocycles. The quantitative estimate of drug-likeness (QED) is 0.668. The minimum absolute atomic E-state index is 0.713. The molecule has 1 rings (SSSR count). The number of hydrogen-bond acceptors (Lipinski definition) is 1. The number of ether oxygens (including phenoxy) is 1. The maximum absolute atomic E-state index is 5.77. The topological polar surface area (TPSA) is 9.23 Å². The summed E-state index contributed by atoms with van der Waals surface area (Å²) in [6.07, 6.45) is 6.23. The first-order valence-corrected chi connectivity index (χ1v) is 5.00. The van der Waals surface area contributed by atoms with Crippen LogP contribution in [0.25, 0.3) is 6.08 Å². The number of hydrogen-bond donors (Lipinski definition) is 0. The van der Waals surface area contributed by atoms with Crippen LogP contribution in [0.15, 0.2) is 30.3 Å². The van der Waals surface area contributed by atoms with Crippen LogP contribution in [0.5, 0.6) is 0 Å². The van der Waals surface area contributed by atoms with Gasteiger partial charge in [0, 0.05) is 11.6 Å². The molecule has 1 radical (unpaired) electrons. The molecule has 1 aromatic carbocycles. The second kappa shape index (κ2) is 6.63. The molecule has 0 spiro atoms. The highest BCUT2D eigenvalue weighted by atomic mass is 35.5. The van der Waals surface area contributed by atoms with Crippen molar-refractivity contribution >= 4 is 17.7 Å². The molecule has 1 nitrogen and oxygen atoms in total. The van der Waals surface area contributed by atoms with Crippen LogP contribution in [0.1, 0.15) is 18.4 Å². The summed E-state index contributed by atoms with van der Waals surface area (Å²) in [5.41, 5.74) is 1.17. The molecule has 0 aliphatic heterocycles. The molecule has 0 unspecified atom stereocenters. The standard InChI is InChI=1S/C12H14ClO/c1-14-10-4-2-3-5-11-6-8-12(13)9-7-11/h3,5-9H,1-2,4,10H2/b5-3+. The van der Waals surface area contributed by atoms with E-state index in [0.29, 0.717) is 6.61 Å². The van der Waals surface area contributed by atoms with Gasteiger partial charge in [0.1, 0.15) is 0 Å². The third-order valence-electron chi connectivity index (χ3n) is 1.84. The highest BCUT2D eigenvalue weighted by Crippen LogP contribution is 2.10. The lowest BCUT2D eigenvalue weighted by atomic mass is 10.2. The van der Waals surface area contributed by atoms with E-state index in [1.807, 2.05) is 24.3 Å². The Morgan fingerprint density at radius 2 is 2.00 bits per heavy atom. The Balaban J connectivity index is 2.33. The number of allylic oxidation sites excluding steroid dienone is 1. The summed E-state index contributed by atoms with van der Waals surface area (Å²) in [5, 5.41) is 0.771. The minimum atomic E-state index is 0.713. The van der Waals surface area contributed by atoms with E-state index in [0.717, 1.165) is 17.9 Å². The zero-order valence-electron chi connectivity index (χ0n) is 8.08. The van der Waals surface area contributed by atoms with Crippen LogP contribution in [0.2, 0.25) is 5.02 Å². The van der Waals surface area contributed by atoms with E-state index >= 15 is 0 Å². The SMILES string of the molecule is [CH2]OCCC/C=C/c1ccc(Cl)cc1. The zero-order chi connectivity index (χ0) is 10.2. The largest absolute Gasteiger partial charge is 0.379 e. The fourth-order valence-corrected chi connectivity index (χ4v) is 1.22. The smallest absolute Gasteiger partial charge is 0.0700 e. The highest BCUT2D eigenvalue weighted by Gasteiger charge is 1.87. The molecule has 0 amide bonds. The molecule has 2 heteroatoms. The Kier molecular flexibility index (Phi) is 5.35. The van der Waals surface area contributed by atoms with Gasteiger partial charge in [-0.05, 0) is 30.5 Å². The summed E-state index contributed by atoms with van der Waals surface area (Å²) >= 11 is 5.77. The lowest BCUT2D eigenvalue weighted by Gasteiger charge is -1.95. The van der Waals surface area contributed by atoms with Crippen LogP contribution in [0, 0.1) is 7.11 Å². The van der Waals surface area contributed by atoms with Crippen LogP contribution in [0.4, 0.5) is 0 Å². The molecule has 0 atom stereocenters. The van der Waals surface area contributed by atoms with Crippen molar-refractivity contribution in [2.24, 2.45) is 0 Å². The molecule has 0 N–H and O–H groups in total. The first-order chi connectivity index (χ1) is 6.83. The Morgan fingerprint density at radius 3 is 2.64 bits per heavy atom. The molecule has 0 aromatic heterocycles. The highest BCUT2D eigenvalue weighted by molar-refractivity contribution is 6.30. The second-order valence-electron chi connectivity index (χ2n) is 3.00. The summed E-state index contributed by atoms with van der Waals surface area (Å²) in [5.74, 6) is 0. The summed E-state index contributed by atoms with van der Waals surface area (Å²) in [7, 11) is 3.31. The van der Waals surface area contributed by atoms with Gasteiger partial charge >= 0.3 is 0 Å². The monoisotopic (exact) mass is 209 g/mol. The summed E-state index contributed by atoms with van der Waals surface area (Å²) in [4.78, 5) is 0. The maximum atomic E-state index is 5.77. The Hall–Kier alpha value is -0.790. The lowest BCUT2D eigenvalue weighted by molar-refractivity contribution is 0.238. The van der Waals surface area contributed by atoms with E-state index < -0.39 is 0 Å². The molecule has 1 aromatic rings. The Bertz CT molecular complexity index is 277. The van der Waals surface area contributed by atoms with Crippen molar-refractivity contribution in [1.29, 1.82) is 0 Å². The Labute approximate surface area is 90.3 Å².